The molecule has 6 nitrogen and oxygen atoms in total. The number of fused-ring (bicyclic) bond motifs is 1. The van der Waals surface area contributed by atoms with Crippen molar-refractivity contribution >= 4 is 22.6 Å². The molecule has 0 saturated carbocycles. The number of carbonyl (C=O) groups is 1. The van der Waals surface area contributed by atoms with Crippen LogP contribution in [0.1, 0.15) is 10.4 Å². The van der Waals surface area contributed by atoms with Crippen LogP contribution in [-0.4, -0.2) is 48.5 Å². The number of nitrogens with one attached hydrogen (secondary N) is 1. The Hall–Kier alpha value is -2.18. The fourth-order valence-corrected chi connectivity index (χ4v) is 2.36. The highest BCUT2D eigenvalue weighted by Crippen LogP contribution is 2.26. The van der Waals surface area contributed by atoms with Gasteiger partial charge in [0.15, 0.2) is 0 Å². The fourth-order valence-electron chi connectivity index (χ4n) is 2.36. The first kappa shape index (κ1) is 13.8. The number of aromatic carboxylic acids is 1. The second-order valence-electron chi connectivity index (χ2n) is 4.82. The van der Waals surface area contributed by atoms with Crippen molar-refractivity contribution < 1.29 is 19.4 Å². The Labute approximate surface area is 121 Å². The lowest BCUT2D eigenvalue weighted by Crippen LogP contribution is -2.34. The van der Waals surface area contributed by atoms with Crippen LogP contribution in [-0.2, 0) is 9.47 Å². The Balaban J connectivity index is 1.90. The van der Waals surface area contributed by atoms with Gasteiger partial charge in [0.1, 0.15) is 5.56 Å². The highest BCUT2D eigenvalue weighted by Gasteiger charge is 2.18. The summed E-state index contributed by atoms with van der Waals surface area (Å²) in [6.45, 7) is 2.18. The van der Waals surface area contributed by atoms with Crippen molar-refractivity contribution in [2.75, 3.05) is 31.7 Å². The lowest BCUT2D eigenvalue weighted by molar-refractivity contribution is -0.0818. The molecule has 1 atom stereocenters. The minimum Gasteiger partial charge on any atom is -0.478 e. The number of pyridine rings is 1. The van der Waals surface area contributed by atoms with Gasteiger partial charge in [-0.3, -0.25) is 4.98 Å². The van der Waals surface area contributed by atoms with Crippen molar-refractivity contribution in [2.45, 2.75) is 6.10 Å². The van der Waals surface area contributed by atoms with Gasteiger partial charge in [0, 0.05) is 18.1 Å². The number of hydrogen-bond donors (Lipinski definition) is 2. The Kier molecular flexibility index (Phi) is 3.98. The molecule has 1 aliphatic heterocycles. The number of para-hydroxylation sites is 1. The van der Waals surface area contributed by atoms with Crippen molar-refractivity contribution in [3.63, 3.8) is 0 Å². The molecule has 1 aliphatic rings. The molecule has 1 fully saturated rings. The summed E-state index contributed by atoms with van der Waals surface area (Å²) in [4.78, 5) is 15.6. The van der Waals surface area contributed by atoms with E-state index in [1.807, 2.05) is 24.3 Å². The summed E-state index contributed by atoms with van der Waals surface area (Å²) in [5.41, 5.74) is 1.48. The number of hydrogen-bond acceptors (Lipinski definition) is 5. The minimum absolute atomic E-state index is 0.0766. The quantitative estimate of drug-likeness (QED) is 0.892. The van der Waals surface area contributed by atoms with Crippen molar-refractivity contribution in [1.82, 2.24) is 4.98 Å². The van der Waals surface area contributed by atoms with E-state index in [-0.39, 0.29) is 11.7 Å². The van der Waals surface area contributed by atoms with E-state index in [4.69, 9.17) is 9.47 Å². The maximum absolute atomic E-state index is 11.4. The van der Waals surface area contributed by atoms with Gasteiger partial charge in [0.05, 0.1) is 37.1 Å². The van der Waals surface area contributed by atoms with Gasteiger partial charge < -0.3 is 19.9 Å². The van der Waals surface area contributed by atoms with Gasteiger partial charge in [0.25, 0.3) is 0 Å². The van der Waals surface area contributed by atoms with Crippen LogP contribution in [0.2, 0.25) is 0 Å². The standard InChI is InChI=1S/C15H16N2O4/c18-15(19)12-8-16-13-4-2-1-3-11(13)14(12)17-7-10-9-20-5-6-21-10/h1-4,8,10H,5-7,9H2,(H,16,17)(H,18,19). The summed E-state index contributed by atoms with van der Waals surface area (Å²) in [6, 6.07) is 7.44. The molecule has 0 aliphatic carbocycles. The van der Waals surface area contributed by atoms with Crippen molar-refractivity contribution in [2.24, 2.45) is 0 Å². The van der Waals surface area contributed by atoms with Crippen LogP contribution in [0.4, 0.5) is 5.69 Å². The largest absolute Gasteiger partial charge is 0.478 e. The maximum Gasteiger partial charge on any atom is 0.339 e. The molecule has 21 heavy (non-hydrogen) atoms. The average molecular weight is 288 g/mol. The molecule has 2 aromatic rings. The average Bonchev–Trinajstić information content (AvgIpc) is 2.53. The molecule has 0 spiro atoms. The van der Waals surface area contributed by atoms with Crippen LogP contribution in [0, 0.1) is 0 Å². The van der Waals surface area contributed by atoms with Gasteiger partial charge in [-0.25, -0.2) is 4.79 Å². The van der Waals surface area contributed by atoms with Crippen LogP contribution < -0.4 is 5.32 Å². The number of aromatic nitrogens is 1. The van der Waals surface area contributed by atoms with Gasteiger partial charge in [-0.15, -0.1) is 0 Å². The lowest BCUT2D eigenvalue weighted by atomic mass is 10.1. The number of carboxylic acid groups (broad SMARTS) is 1. The zero-order valence-corrected chi connectivity index (χ0v) is 11.4. The van der Waals surface area contributed by atoms with Crippen molar-refractivity contribution in [3.05, 3.63) is 36.0 Å². The molecule has 1 saturated heterocycles. The van der Waals surface area contributed by atoms with E-state index >= 15 is 0 Å². The number of nitrogens with zero attached hydrogens (tertiary/aromatic N) is 1. The van der Waals surface area contributed by atoms with E-state index in [1.54, 1.807) is 0 Å². The van der Waals surface area contributed by atoms with Crippen LogP contribution in [0.25, 0.3) is 10.9 Å². The highest BCUT2D eigenvalue weighted by atomic mass is 16.6. The number of rotatable bonds is 4. The molecule has 110 valence electrons. The molecule has 2 N–H and O–H groups in total. The Bertz CT molecular complexity index is 653. The second-order valence-corrected chi connectivity index (χ2v) is 4.82. The van der Waals surface area contributed by atoms with Crippen LogP contribution in [0.3, 0.4) is 0 Å². The maximum atomic E-state index is 11.4. The summed E-state index contributed by atoms with van der Waals surface area (Å²) < 4.78 is 10.9. The molecule has 1 unspecified atom stereocenters. The van der Waals surface area contributed by atoms with E-state index in [0.717, 1.165) is 10.9 Å². The van der Waals surface area contributed by atoms with Gasteiger partial charge in [-0.1, -0.05) is 18.2 Å². The SMILES string of the molecule is O=C(O)c1cnc2ccccc2c1NCC1COCCO1. The van der Waals surface area contributed by atoms with E-state index < -0.39 is 5.97 Å². The first-order valence-corrected chi connectivity index (χ1v) is 6.80. The summed E-state index contributed by atoms with van der Waals surface area (Å²) in [7, 11) is 0. The van der Waals surface area contributed by atoms with Crippen molar-refractivity contribution in [3.8, 4) is 0 Å². The lowest BCUT2D eigenvalue weighted by Gasteiger charge is -2.24. The van der Waals surface area contributed by atoms with Gasteiger partial charge in [-0.2, -0.15) is 0 Å². The summed E-state index contributed by atoms with van der Waals surface area (Å²) >= 11 is 0. The summed E-state index contributed by atoms with van der Waals surface area (Å²) in [6.07, 6.45) is 1.30. The number of carboxylic acids is 1. The molecule has 1 aromatic carbocycles. The van der Waals surface area contributed by atoms with Gasteiger partial charge in [-0.05, 0) is 6.07 Å². The summed E-state index contributed by atoms with van der Waals surface area (Å²) in [5.74, 6) is -1.00. The Morgan fingerprint density at radius 3 is 3.00 bits per heavy atom. The van der Waals surface area contributed by atoms with E-state index in [0.29, 0.717) is 32.1 Å². The van der Waals surface area contributed by atoms with Crippen LogP contribution in [0.15, 0.2) is 30.5 Å². The third-order valence-electron chi connectivity index (χ3n) is 3.40. The molecule has 3 rings (SSSR count). The first-order valence-electron chi connectivity index (χ1n) is 6.80. The van der Waals surface area contributed by atoms with E-state index in [9.17, 15) is 9.90 Å². The zero-order chi connectivity index (χ0) is 14.7. The van der Waals surface area contributed by atoms with E-state index in [1.165, 1.54) is 6.20 Å². The molecule has 0 bridgehead atoms. The molecule has 6 heteroatoms. The second kappa shape index (κ2) is 6.07. The number of anilines is 1. The highest BCUT2D eigenvalue weighted by molar-refractivity contribution is 6.04. The molecule has 1 aromatic heterocycles. The fraction of sp³-hybridized carbons (Fsp3) is 0.333. The van der Waals surface area contributed by atoms with Crippen LogP contribution >= 0.6 is 0 Å². The monoisotopic (exact) mass is 288 g/mol. The minimum atomic E-state index is -1.00. The molecular weight excluding hydrogens is 272 g/mol. The molecule has 0 amide bonds. The predicted molar refractivity (Wildman–Crippen MR) is 77.8 cm³/mol. The normalized spacial score (nSPS) is 18.6. The van der Waals surface area contributed by atoms with Crippen LogP contribution in [0.5, 0.6) is 0 Å². The first-order chi connectivity index (χ1) is 10.3. The van der Waals surface area contributed by atoms with Gasteiger partial charge >= 0.3 is 5.97 Å². The topological polar surface area (TPSA) is 80.7 Å². The predicted octanol–water partition coefficient (Wildman–Crippen LogP) is 1.76. The Morgan fingerprint density at radius 2 is 2.24 bits per heavy atom. The van der Waals surface area contributed by atoms with Gasteiger partial charge in [0.2, 0.25) is 0 Å². The number of benzene rings is 1. The third kappa shape index (κ3) is 2.96. The smallest absolute Gasteiger partial charge is 0.339 e. The molecule has 2 heterocycles. The van der Waals surface area contributed by atoms with E-state index in [2.05, 4.69) is 10.3 Å². The summed E-state index contributed by atoms with van der Waals surface area (Å²) in [5, 5.41) is 13.3. The zero-order valence-electron chi connectivity index (χ0n) is 11.4. The third-order valence-corrected chi connectivity index (χ3v) is 3.40. The molecule has 0 radical (unpaired) electrons. The number of ether oxygens (including phenoxy) is 2. The molecular formula is C15H16N2O4. The Morgan fingerprint density at radius 1 is 1.38 bits per heavy atom. The van der Waals surface area contributed by atoms with Crippen molar-refractivity contribution in [1.29, 1.82) is 0 Å².